The maximum absolute atomic E-state index is 12.6. The first-order chi connectivity index (χ1) is 13.1. The van der Waals surface area contributed by atoms with Crippen molar-refractivity contribution in [3.63, 3.8) is 0 Å². The summed E-state index contributed by atoms with van der Waals surface area (Å²) in [6.07, 6.45) is 2.29. The molecule has 1 atom stereocenters. The lowest BCUT2D eigenvalue weighted by Crippen LogP contribution is -2.47. The van der Waals surface area contributed by atoms with Crippen molar-refractivity contribution in [2.45, 2.75) is 59.5 Å². The van der Waals surface area contributed by atoms with E-state index in [-0.39, 0.29) is 11.5 Å². The van der Waals surface area contributed by atoms with E-state index in [0.29, 0.717) is 24.8 Å². The molecule has 6 heteroatoms. The van der Waals surface area contributed by atoms with Gasteiger partial charge in [0, 0.05) is 30.0 Å². The molecule has 2 aliphatic rings. The Morgan fingerprint density at radius 2 is 1.93 bits per heavy atom. The molecule has 1 fully saturated rings. The molecule has 1 aliphatic heterocycles. The van der Waals surface area contributed by atoms with Crippen molar-refractivity contribution in [3.8, 4) is 0 Å². The van der Waals surface area contributed by atoms with Gasteiger partial charge in [0.05, 0.1) is 11.4 Å². The Labute approximate surface area is 171 Å². The van der Waals surface area contributed by atoms with E-state index in [2.05, 4.69) is 32.0 Å². The standard InChI is InChI=1S/C22H32N2O3S/c1-16(2)15-28(26)23-19-18-9-7-6-8-17(18)14-22(19)10-12-24(13-11-22)20(25)27-21(3,4)5/h6-9,16H,10-15H2,1-5H3. The summed E-state index contributed by atoms with van der Waals surface area (Å²) in [7, 11) is 0. The number of hydrogen-bond acceptors (Lipinski definition) is 4. The van der Waals surface area contributed by atoms with E-state index >= 15 is 0 Å². The van der Waals surface area contributed by atoms with Crippen LogP contribution in [0.3, 0.4) is 0 Å². The molecule has 1 heterocycles. The molecule has 0 saturated carbocycles. The Morgan fingerprint density at radius 1 is 1.29 bits per heavy atom. The highest BCUT2D eigenvalue weighted by Crippen LogP contribution is 2.45. The summed E-state index contributed by atoms with van der Waals surface area (Å²) in [5, 5.41) is 0. The Kier molecular flexibility index (Phi) is 6.11. The smallest absolute Gasteiger partial charge is 0.410 e. The summed E-state index contributed by atoms with van der Waals surface area (Å²) >= 11 is -1.22. The zero-order valence-corrected chi connectivity index (χ0v) is 18.5. The summed E-state index contributed by atoms with van der Waals surface area (Å²) < 4.78 is 22.9. The molecule has 1 saturated heterocycles. The summed E-state index contributed by atoms with van der Waals surface area (Å²) in [6, 6.07) is 8.31. The second-order valence-electron chi connectivity index (χ2n) is 9.40. The molecule has 0 aromatic heterocycles. The number of likely N-dealkylation sites (tertiary alicyclic amines) is 1. The highest BCUT2D eigenvalue weighted by Gasteiger charge is 2.47. The van der Waals surface area contributed by atoms with Crippen molar-refractivity contribution in [2.75, 3.05) is 18.8 Å². The van der Waals surface area contributed by atoms with Crippen LogP contribution in [0.15, 0.2) is 28.7 Å². The first-order valence-corrected chi connectivity index (χ1v) is 11.4. The number of benzene rings is 1. The molecule has 1 aliphatic carbocycles. The number of carbonyl (C=O) groups is 1. The van der Waals surface area contributed by atoms with Gasteiger partial charge in [-0.25, -0.2) is 4.79 Å². The minimum atomic E-state index is -1.22. The molecule has 5 nitrogen and oxygen atoms in total. The Balaban J connectivity index is 1.81. The molecule has 1 amide bonds. The Bertz CT molecular complexity index is 746. The molecule has 0 radical (unpaired) electrons. The summed E-state index contributed by atoms with van der Waals surface area (Å²) in [5.41, 5.74) is 2.76. The van der Waals surface area contributed by atoms with Gasteiger partial charge in [-0.2, -0.15) is 0 Å². The molecule has 1 aromatic rings. The van der Waals surface area contributed by atoms with Crippen molar-refractivity contribution < 1.29 is 14.1 Å². The Morgan fingerprint density at radius 3 is 2.54 bits per heavy atom. The molecule has 1 spiro atoms. The van der Waals surface area contributed by atoms with E-state index in [1.807, 2.05) is 26.8 Å². The predicted molar refractivity (Wildman–Crippen MR) is 114 cm³/mol. The highest BCUT2D eigenvalue weighted by molar-refractivity contribution is 7.90. The van der Waals surface area contributed by atoms with Gasteiger partial charge < -0.3 is 14.2 Å². The van der Waals surface area contributed by atoms with Crippen molar-refractivity contribution in [1.29, 1.82) is 0 Å². The average Bonchev–Trinajstić information content (AvgIpc) is 2.86. The van der Waals surface area contributed by atoms with Gasteiger partial charge in [-0.05, 0) is 45.6 Å². The van der Waals surface area contributed by atoms with Crippen LogP contribution >= 0.6 is 0 Å². The van der Waals surface area contributed by atoms with Gasteiger partial charge in [0.15, 0.2) is 0 Å². The third kappa shape index (κ3) is 4.71. The van der Waals surface area contributed by atoms with Gasteiger partial charge in [0.25, 0.3) is 0 Å². The fourth-order valence-electron chi connectivity index (χ4n) is 4.07. The van der Waals surface area contributed by atoms with Gasteiger partial charge in [0.2, 0.25) is 0 Å². The SMILES string of the molecule is CC(C)C[S+]([O-])N=C1c2ccccc2CC12CCN(C(=O)OC(C)(C)C)CC2. The van der Waals surface area contributed by atoms with Gasteiger partial charge >= 0.3 is 6.09 Å². The molecule has 0 N–H and O–H groups in total. The number of hydrogen-bond donors (Lipinski definition) is 0. The van der Waals surface area contributed by atoms with E-state index in [0.717, 1.165) is 30.5 Å². The van der Waals surface area contributed by atoms with Crippen LogP contribution in [0, 0.1) is 11.3 Å². The second kappa shape index (κ2) is 8.07. The normalized spacial score (nSPS) is 21.2. The average molecular weight is 405 g/mol. The number of nitrogens with zero attached hydrogens (tertiary/aromatic N) is 2. The number of ether oxygens (including phenoxy) is 1. The lowest BCUT2D eigenvalue weighted by atomic mass is 9.74. The number of rotatable bonds is 3. The largest absolute Gasteiger partial charge is 0.591 e. The lowest BCUT2D eigenvalue weighted by molar-refractivity contribution is 0.0159. The van der Waals surface area contributed by atoms with Crippen molar-refractivity contribution >= 4 is 23.2 Å². The molecule has 3 rings (SSSR count). The summed E-state index contributed by atoms with van der Waals surface area (Å²) in [5.74, 6) is 0.915. The van der Waals surface area contributed by atoms with E-state index in [9.17, 15) is 9.35 Å². The van der Waals surface area contributed by atoms with Crippen molar-refractivity contribution in [1.82, 2.24) is 4.90 Å². The van der Waals surface area contributed by atoms with E-state index in [1.165, 1.54) is 5.56 Å². The minimum absolute atomic E-state index is 0.130. The third-order valence-electron chi connectivity index (χ3n) is 5.34. The predicted octanol–water partition coefficient (Wildman–Crippen LogP) is 4.37. The van der Waals surface area contributed by atoms with Crippen LogP contribution in [0.1, 0.15) is 58.6 Å². The molecule has 0 bridgehead atoms. The topological polar surface area (TPSA) is 65.0 Å². The van der Waals surface area contributed by atoms with Gasteiger partial charge in [0.1, 0.15) is 17.1 Å². The van der Waals surface area contributed by atoms with Crippen LogP contribution in [0.2, 0.25) is 0 Å². The van der Waals surface area contributed by atoms with Gasteiger partial charge in [-0.3, -0.25) is 0 Å². The summed E-state index contributed by atoms with van der Waals surface area (Å²) in [6.45, 7) is 11.1. The Hall–Kier alpha value is -1.53. The highest BCUT2D eigenvalue weighted by atomic mass is 32.2. The third-order valence-corrected chi connectivity index (χ3v) is 6.68. The van der Waals surface area contributed by atoms with E-state index < -0.39 is 17.0 Å². The maximum atomic E-state index is 12.6. The van der Waals surface area contributed by atoms with Crippen LogP contribution in [0.5, 0.6) is 0 Å². The van der Waals surface area contributed by atoms with E-state index in [4.69, 9.17) is 9.13 Å². The van der Waals surface area contributed by atoms with Crippen LogP contribution in [0.25, 0.3) is 0 Å². The number of amides is 1. The van der Waals surface area contributed by atoms with Crippen molar-refractivity contribution in [3.05, 3.63) is 35.4 Å². The molecule has 154 valence electrons. The van der Waals surface area contributed by atoms with Crippen molar-refractivity contribution in [2.24, 2.45) is 15.7 Å². The van der Waals surface area contributed by atoms with Crippen LogP contribution < -0.4 is 0 Å². The van der Waals surface area contributed by atoms with Gasteiger partial charge in [-0.1, -0.05) is 42.5 Å². The molecule has 1 unspecified atom stereocenters. The van der Waals surface area contributed by atoms with E-state index in [1.54, 1.807) is 4.90 Å². The second-order valence-corrected chi connectivity index (χ2v) is 10.6. The quantitative estimate of drug-likeness (QED) is 0.703. The molecule has 28 heavy (non-hydrogen) atoms. The number of carbonyl (C=O) groups excluding carboxylic acids is 1. The monoisotopic (exact) mass is 404 g/mol. The van der Waals surface area contributed by atoms with Crippen LogP contribution in [-0.4, -0.2) is 45.7 Å². The zero-order valence-electron chi connectivity index (χ0n) is 17.7. The molecular weight excluding hydrogens is 372 g/mol. The fourth-order valence-corrected chi connectivity index (χ4v) is 5.21. The first-order valence-electron chi connectivity index (χ1n) is 10.1. The fraction of sp³-hybridized carbons (Fsp3) is 0.636. The number of piperidine rings is 1. The van der Waals surface area contributed by atoms with Gasteiger partial charge in [-0.15, -0.1) is 0 Å². The lowest BCUT2D eigenvalue weighted by Gasteiger charge is -2.39. The summed E-state index contributed by atoms with van der Waals surface area (Å²) in [4.78, 5) is 14.2. The van der Waals surface area contributed by atoms with Crippen LogP contribution in [-0.2, 0) is 22.5 Å². The first kappa shape index (κ1) is 21.2. The molecule has 1 aromatic carbocycles. The number of fused-ring (bicyclic) bond motifs is 1. The molecular formula is C22H32N2O3S. The maximum Gasteiger partial charge on any atom is 0.410 e. The van der Waals surface area contributed by atoms with Crippen LogP contribution in [0.4, 0.5) is 4.79 Å². The minimum Gasteiger partial charge on any atom is -0.591 e. The zero-order chi connectivity index (χ0) is 20.5.